The molecule has 3 aromatic rings. The zero-order valence-electron chi connectivity index (χ0n) is 14.1. The summed E-state index contributed by atoms with van der Waals surface area (Å²) in [6.45, 7) is 1.68. The van der Waals surface area contributed by atoms with E-state index in [-0.39, 0.29) is 27.8 Å². The van der Waals surface area contributed by atoms with Gasteiger partial charge in [-0.2, -0.15) is 0 Å². The Morgan fingerprint density at radius 1 is 1.11 bits per heavy atom. The van der Waals surface area contributed by atoms with Gasteiger partial charge in [-0.05, 0) is 55.5 Å². The van der Waals surface area contributed by atoms with E-state index < -0.39 is 15.9 Å². The molecule has 7 nitrogen and oxygen atoms in total. The molecule has 0 saturated carbocycles. The number of carbonyl (C=O) groups is 1. The van der Waals surface area contributed by atoms with Crippen molar-refractivity contribution in [1.29, 1.82) is 0 Å². The highest BCUT2D eigenvalue weighted by atomic mass is 35.5. The van der Waals surface area contributed by atoms with E-state index in [2.05, 4.69) is 10.0 Å². The summed E-state index contributed by atoms with van der Waals surface area (Å²) < 4.78 is 32.7. The molecule has 0 fully saturated rings. The Labute approximate surface area is 160 Å². The van der Waals surface area contributed by atoms with Crippen LogP contribution in [-0.4, -0.2) is 19.4 Å². The van der Waals surface area contributed by atoms with Crippen LogP contribution in [0.3, 0.4) is 0 Å². The zero-order chi connectivity index (χ0) is 19.6. The number of aromatic hydroxyl groups is 1. The van der Waals surface area contributed by atoms with Gasteiger partial charge in [0.05, 0.1) is 16.3 Å². The molecule has 2 aromatic carbocycles. The average Bonchev–Trinajstić information content (AvgIpc) is 3.03. The largest absolute Gasteiger partial charge is 0.506 e. The molecule has 3 N–H and O–H groups in total. The van der Waals surface area contributed by atoms with Gasteiger partial charge < -0.3 is 14.8 Å². The first-order valence-electron chi connectivity index (χ1n) is 7.74. The third-order valence-electron chi connectivity index (χ3n) is 3.57. The van der Waals surface area contributed by atoms with Crippen molar-refractivity contribution in [1.82, 2.24) is 0 Å². The third kappa shape index (κ3) is 4.42. The normalized spacial score (nSPS) is 11.2. The topological polar surface area (TPSA) is 109 Å². The number of hydrogen-bond acceptors (Lipinski definition) is 5. The molecule has 9 heteroatoms. The van der Waals surface area contributed by atoms with E-state index in [9.17, 15) is 18.3 Å². The van der Waals surface area contributed by atoms with Crippen LogP contribution in [0.4, 0.5) is 11.4 Å². The molecule has 0 unspecified atom stereocenters. The van der Waals surface area contributed by atoms with E-state index in [4.69, 9.17) is 16.0 Å². The number of carbonyl (C=O) groups excluding carboxylic acids is 1. The number of rotatable bonds is 5. The second-order valence-corrected chi connectivity index (χ2v) is 7.78. The lowest BCUT2D eigenvalue weighted by molar-refractivity contribution is 0.0995. The maximum atomic E-state index is 12.6. The Morgan fingerprint density at radius 3 is 2.56 bits per heavy atom. The molecule has 1 heterocycles. The molecule has 1 aromatic heterocycles. The summed E-state index contributed by atoms with van der Waals surface area (Å²) >= 11 is 5.86. The number of halogens is 1. The summed E-state index contributed by atoms with van der Waals surface area (Å²) in [5.74, 6) is -0.312. The van der Waals surface area contributed by atoms with Crippen LogP contribution in [0.2, 0.25) is 5.02 Å². The van der Waals surface area contributed by atoms with Gasteiger partial charge in [-0.1, -0.05) is 17.7 Å². The molecule has 140 valence electrons. The highest BCUT2D eigenvalue weighted by molar-refractivity contribution is 7.92. The summed E-state index contributed by atoms with van der Waals surface area (Å²) in [5, 5.41) is 12.8. The van der Waals surface area contributed by atoms with Crippen molar-refractivity contribution >= 4 is 38.9 Å². The molecule has 0 radical (unpaired) electrons. The summed E-state index contributed by atoms with van der Waals surface area (Å²) in [6.07, 6.45) is 0. The van der Waals surface area contributed by atoms with E-state index in [0.717, 1.165) is 6.07 Å². The first kappa shape index (κ1) is 18.8. The van der Waals surface area contributed by atoms with Gasteiger partial charge in [0.15, 0.2) is 5.76 Å². The van der Waals surface area contributed by atoms with Crippen LogP contribution in [0.1, 0.15) is 16.3 Å². The third-order valence-corrected chi connectivity index (χ3v) is 5.18. The van der Waals surface area contributed by atoms with Gasteiger partial charge in [0.25, 0.3) is 15.9 Å². The Balaban J connectivity index is 1.86. The van der Waals surface area contributed by atoms with Crippen LogP contribution >= 0.6 is 11.6 Å². The van der Waals surface area contributed by atoms with Gasteiger partial charge in [0.1, 0.15) is 11.5 Å². The SMILES string of the molecule is Cc1ccc(C(=O)Nc2cc(S(=O)(=O)Nc3cccc(Cl)c3)ccc2O)o1. The Bertz CT molecular complexity index is 1110. The second-order valence-electron chi connectivity index (χ2n) is 5.66. The maximum absolute atomic E-state index is 12.6. The minimum atomic E-state index is -3.96. The Kier molecular flexibility index (Phi) is 5.11. The summed E-state index contributed by atoms with van der Waals surface area (Å²) in [6, 6.07) is 12.9. The van der Waals surface area contributed by atoms with Crippen molar-refractivity contribution in [3.63, 3.8) is 0 Å². The fourth-order valence-electron chi connectivity index (χ4n) is 2.29. The molecule has 0 spiro atoms. The molecular formula is C18H15ClN2O5S. The van der Waals surface area contributed by atoms with Crippen LogP contribution in [0, 0.1) is 6.92 Å². The monoisotopic (exact) mass is 406 g/mol. The van der Waals surface area contributed by atoms with Gasteiger partial charge in [0.2, 0.25) is 0 Å². The molecule has 1 amide bonds. The second kappa shape index (κ2) is 7.34. The van der Waals surface area contributed by atoms with Gasteiger partial charge in [0, 0.05) is 5.02 Å². The fraction of sp³-hybridized carbons (Fsp3) is 0.0556. The molecule has 0 bridgehead atoms. The first-order valence-corrected chi connectivity index (χ1v) is 9.60. The lowest BCUT2D eigenvalue weighted by Gasteiger charge is -2.11. The van der Waals surface area contributed by atoms with Crippen molar-refractivity contribution in [3.8, 4) is 5.75 Å². The predicted octanol–water partition coefficient (Wildman–Crippen LogP) is 4.00. The minimum absolute atomic E-state index is 0.0391. The molecule has 0 aliphatic heterocycles. The average molecular weight is 407 g/mol. The molecular weight excluding hydrogens is 392 g/mol. The highest BCUT2D eigenvalue weighted by Gasteiger charge is 2.19. The van der Waals surface area contributed by atoms with E-state index in [1.165, 1.54) is 24.3 Å². The number of benzene rings is 2. The number of sulfonamides is 1. The molecule has 27 heavy (non-hydrogen) atoms. The van der Waals surface area contributed by atoms with Crippen LogP contribution in [0.15, 0.2) is 63.9 Å². The number of nitrogens with one attached hydrogen (secondary N) is 2. The summed E-state index contributed by atoms with van der Waals surface area (Å²) in [5.41, 5.74) is 0.218. The Hall–Kier alpha value is -2.97. The van der Waals surface area contributed by atoms with Crippen molar-refractivity contribution in [2.45, 2.75) is 11.8 Å². The number of phenols is 1. The van der Waals surface area contributed by atoms with Gasteiger partial charge in [-0.25, -0.2) is 8.42 Å². The molecule has 0 aliphatic carbocycles. The van der Waals surface area contributed by atoms with Crippen molar-refractivity contribution in [3.05, 3.63) is 71.1 Å². The molecule has 0 saturated heterocycles. The molecule has 3 rings (SSSR count). The van der Waals surface area contributed by atoms with Crippen LogP contribution in [0.25, 0.3) is 0 Å². The Morgan fingerprint density at radius 2 is 1.89 bits per heavy atom. The lowest BCUT2D eigenvalue weighted by Crippen LogP contribution is -2.15. The van der Waals surface area contributed by atoms with Crippen LogP contribution in [0.5, 0.6) is 5.75 Å². The highest BCUT2D eigenvalue weighted by Crippen LogP contribution is 2.28. The van der Waals surface area contributed by atoms with Gasteiger partial charge in [-0.3, -0.25) is 9.52 Å². The summed E-state index contributed by atoms with van der Waals surface area (Å²) in [4.78, 5) is 12.0. The lowest BCUT2D eigenvalue weighted by atomic mass is 10.3. The van der Waals surface area contributed by atoms with E-state index in [0.29, 0.717) is 10.8 Å². The zero-order valence-corrected chi connectivity index (χ0v) is 15.6. The van der Waals surface area contributed by atoms with Gasteiger partial charge >= 0.3 is 0 Å². The first-order chi connectivity index (χ1) is 12.7. The maximum Gasteiger partial charge on any atom is 0.291 e. The van der Waals surface area contributed by atoms with Crippen molar-refractivity contribution in [2.24, 2.45) is 0 Å². The van der Waals surface area contributed by atoms with Crippen molar-refractivity contribution < 1.29 is 22.7 Å². The number of phenolic OH excluding ortho intramolecular Hbond substituents is 1. The smallest absolute Gasteiger partial charge is 0.291 e. The molecule has 0 aliphatic rings. The number of amides is 1. The fourth-order valence-corrected chi connectivity index (χ4v) is 3.55. The number of aryl methyl sites for hydroxylation is 1. The van der Waals surface area contributed by atoms with E-state index in [1.54, 1.807) is 31.2 Å². The van der Waals surface area contributed by atoms with E-state index >= 15 is 0 Å². The summed E-state index contributed by atoms with van der Waals surface area (Å²) in [7, 11) is -3.96. The standard InChI is InChI=1S/C18H15ClN2O5S/c1-11-5-8-17(26-11)18(23)20-15-10-14(6-7-16(15)22)27(24,25)21-13-4-2-3-12(19)9-13/h2-10,21-22H,1H3,(H,20,23). The number of hydrogen-bond donors (Lipinski definition) is 3. The van der Waals surface area contributed by atoms with Crippen LogP contribution < -0.4 is 10.0 Å². The van der Waals surface area contributed by atoms with Gasteiger partial charge in [-0.15, -0.1) is 0 Å². The van der Waals surface area contributed by atoms with E-state index in [1.807, 2.05) is 0 Å². The number of anilines is 2. The quantitative estimate of drug-likeness (QED) is 0.555. The van der Waals surface area contributed by atoms with Crippen molar-refractivity contribution in [2.75, 3.05) is 10.0 Å². The number of furan rings is 1. The molecule has 0 atom stereocenters. The minimum Gasteiger partial charge on any atom is -0.506 e. The van der Waals surface area contributed by atoms with Crippen LogP contribution in [-0.2, 0) is 10.0 Å². The predicted molar refractivity (Wildman–Crippen MR) is 102 cm³/mol.